The summed E-state index contributed by atoms with van der Waals surface area (Å²) in [7, 11) is 0. The van der Waals surface area contributed by atoms with E-state index in [1.54, 1.807) is 0 Å². The second-order valence-corrected chi connectivity index (χ2v) is 18.5. The molecule has 0 N–H and O–H groups in total. The summed E-state index contributed by atoms with van der Waals surface area (Å²) in [6.45, 7) is 2.40. The van der Waals surface area contributed by atoms with Crippen LogP contribution in [0.25, 0.3) is 88.0 Å². The van der Waals surface area contributed by atoms with Crippen molar-refractivity contribution in [2.75, 3.05) is 4.90 Å². The molecule has 0 fully saturated rings. The zero-order chi connectivity index (χ0) is 45.9. The van der Waals surface area contributed by atoms with Crippen LogP contribution in [-0.2, 0) is 5.41 Å². The Morgan fingerprint density at radius 3 is 1.48 bits per heavy atom. The number of nitrogens with zero attached hydrogens (tertiary/aromatic N) is 1. The smallest absolute Gasteiger partial charge is 0.0465 e. The lowest BCUT2D eigenvalue weighted by Crippen LogP contribution is -2.22. The van der Waals surface area contributed by atoms with Crippen molar-refractivity contribution in [3.63, 3.8) is 0 Å². The van der Waals surface area contributed by atoms with Crippen LogP contribution in [0.2, 0.25) is 0 Å². The Balaban J connectivity index is 0.965. The Hall–Kier alpha value is -8.78. The van der Waals surface area contributed by atoms with Gasteiger partial charge in [0.1, 0.15) is 0 Å². The van der Waals surface area contributed by atoms with Gasteiger partial charge >= 0.3 is 0 Å². The Morgan fingerprint density at radius 2 is 0.768 bits per heavy atom. The Labute approximate surface area is 403 Å². The third-order valence-electron chi connectivity index (χ3n) is 14.7. The van der Waals surface area contributed by atoms with Crippen molar-refractivity contribution in [1.82, 2.24) is 0 Å². The maximum absolute atomic E-state index is 2.44. The van der Waals surface area contributed by atoms with Crippen molar-refractivity contribution in [2.45, 2.75) is 12.3 Å². The minimum Gasteiger partial charge on any atom is -0.310 e. The van der Waals surface area contributed by atoms with Gasteiger partial charge in [-0.2, -0.15) is 0 Å². The van der Waals surface area contributed by atoms with Gasteiger partial charge < -0.3 is 4.90 Å². The maximum Gasteiger partial charge on any atom is 0.0465 e. The summed E-state index contributed by atoms with van der Waals surface area (Å²) in [4.78, 5) is 2.43. The molecule has 1 atom stereocenters. The first kappa shape index (κ1) is 40.5. The van der Waals surface area contributed by atoms with E-state index >= 15 is 0 Å². The molecule has 0 saturated heterocycles. The molecule has 1 aliphatic carbocycles. The van der Waals surface area contributed by atoms with Crippen molar-refractivity contribution >= 4 is 49.4 Å². The quantitative estimate of drug-likeness (QED) is 0.138. The molecule has 0 spiro atoms. The van der Waals surface area contributed by atoms with Gasteiger partial charge in [-0.25, -0.2) is 0 Å². The van der Waals surface area contributed by atoms with Gasteiger partial charge in [0.15, 0.2) is 0 Å². The summed E-state index contributed by atoms with van der Waals surface area (Å²) in [5.41, 5.74) is 19.3. The number of anilines is 3. The predicted molar refractivity (Wildman–Crippen MR) is 293 cm³/mol. The van der Waals surface area contributed by atoms with Crippen molar-refractivity contribution in [3.05, 3.63) is 284 Å². The molecule has 0 aromatic heterocycles. The molecule has 324 valence electrons. The van der Waals surface area contributed by atoms with Gasteiger partial charge in [0.05, 0.1) is 0 Å². The predicted octanol–water partition coefficient (Wildman–Crippen LogP) is 18.6. The maximum atomic E-state index is 2.44. The molecule has 0 aliphatic heterocycles. The van der Waals surface area contributed by atoms with Gasteiger partial charge in [-0.05, 0) is 154 Å². The first-order valence-electron chi connectivity index (χ1n) is 24.0. The fourth-order valence-electron chi connectivity index (χ4n) is 11.4. The highest BCUT2D eigenvalue weighted by molar-refractivity contribution is 6.22. The first-order valence-corrected chi connectivity index (χ1v) is 24.0. The van der Waals surface area contributed by atoms with Crippen molar-refractivity contribution in [3.8, 4) is 55.6 Å². The van der Waals surface area contributed by atoms with E-state index in [4.69, 9.17) is 0 Å². The molecule has 1 nitrogen and oxygen atoms in total. The van der Waals surface area contributed by atoms with Crippen LogP contribution in [0.5, 0.6) is 0 Å². The van der Waals surface area contributed by atoms with Gasteiger partial charge in [0.2, 0.25) is 0 Å². The van der Waals surface area contributed by atoms with Gasteiger partial charge in [-0.3, -0.25) is 0 Å². The Bertz CT molecular complexity index is 3870. The summed E-state index contributed by atoms with van der Waals surface area (Å²) in [5, 5.41) is 7.52. The van der Waals surface area contributed by atoms with E-state index in [2.05, 4.69) is 279 Å². The lowest BCUT2D eigenvalue weighted by molar-refractivity contribution is 0.714. The fraction of sp³-hybridized carbons (Fsp3) is 0.0294. The van der Waals surface area contributed by atoms with Gasteiger partial charge in [-0.15, -0.1) is 0 Å². The molecule has 0 heterocycles. The monoisotopic (exact) mass is 877 g/mol. The van der Waals surface area contributed by atoms with E-state index in [9.17, 15) is 0 Å². The summed E-state index contributed by atoms with van der Waals surface area (Å²) >= 11 is 0. The molecule has 12 aromatic rings. The van der Waals surface area contributed by atoms with Gasteiger partial charge in [0.25, 0.3) is 0 Å². The van der Waals surface area contributed by atoms with Crippen LogP contribution in [0, 0.1) is 0 Å². The van der Waals surface area contributed by atoms with Crippen molar-refractivity contribution < 1.29 is 0 Å². The highest BCUT2D eigenvalue weighted by Gasteiger charge is 2.41. The summed E-state index contributed by atoms with van der Waals surface area (Å²) in [6.07, 6.45) is 0. The number of hydrogen-bond acceptors (Lipinski definition) is 1. The molecule has 12 aromatic carbocycles. The topological polar surface area (TPSA) is 3.24 Å². The van der Waals surface area contributed by atoms with Crippen LogP contribution in [0.4, 0.5) is 17.1 Å². The molecule has 0 saturated carbocycles. The first-order chi connectivity index (χ1) is 34.1. The Kier molecular flexibility index (Phi) is 9.70. The molecular formula is C68H47N. The molecule has 69 heavy (non-hydrogen) atoms. The minimum atomic E-state index is -0.322. The molecule has 13 rings (SSSR count). The van der Waals surface area contributed by atoms with E-state index in [1.165, 1.54) is 105 Å². The minimum absolute atomic E-state index is 0.322. The highest BCUT2D eigenvalue weighted by atomic mass is 15.1. The van der Waals surface area contributed by atoms with Crippen molar-refractivity contribution in [1.29, 1.82) is 0 Å². The number of hydrogen-bond donors (Lipinski definition) is 0. The molecule has 0 amide bonds. The SMILES string of the molecule is CC1(c2ccccc2)c2ccccc2-c2ccc(N(c3ccc(-c4ccc5c(c4)c(-c4ccccc4)c(-c4ccccc4)c4ccccc45)cc3)c3ccc(-c4cccc5ccccc45)cc3)cc21. The van der Waals surface area contributed by atoms with Crippen molar-refractivity contribution in [2.24, 2.45) is 0 Å². The molecule has 0 bridgehead atoms. The molecule has 1 heteroatoms. The third-order valence-corrected chi connectivity index (χ3v) is 14.7. The summed E-state index contributed by atoms with van der Waals surface area (Å²) in [5.74, 6) is 0. The van der Waals surface area contributed by atoms with E-state index in [0.29, 0.717) is 0 Å². The van der Waals surface area contributed by atoms with Crippen LogP contribution < -0.4 is 4.90 Å². The fourth-order valence-corrected chi connectivity index (χ4v) is 11.4. The van der Waals surface area contributed by atoms with Crippen LogP contribution in [0.3, 0.4) is 0 Å². The van der Waals surface area contributed by atoms with Crippen LogP contribution in [0.15, 0.2) is 267 Å². The second kappa shape index (κ2) is 16.5. The lowest BCUT2D eigenvalue weighted by Gasteiger charge is -2.31. The average Bonchev–Trinajstić information content (AvgIpc) is 3.69. The highest BCUT2D eigenvalue weighted by Crippen LogP contribution is 2.54. The van der Waals surface area contributed by atoms with E-state index in [-0.39, 0.29) is 5.41 Å². The van der Waals surface area contributed by atoms with Crippen LogP contribution in [-0.4, -0.2) is 0 Å². The molecule has 1 unspecified atom stereocenters. The lowest BCUT2D eigenvalue weighted by atomic mass is 9.74. The zero-order valence-electron chi connectivity index (χ0n) is 38.4. The normalized spacial score (nSPS) is 13.9. The van der Waals surface area contributed by atoms with E-state index in [0.717, 1.165) is 17.1 Å². The van der Waals surface area contributed by atoms with Crippen LogP contribution in [0.1, 0.15) is 23.6 Å². The van der Waals surface area contributed by atoms with E-state index < -0.39 is 0 Å². The largest absolute Gasteiger partial charge is 0.310 e. The number of rotatable bonds is 8. The molecule has 1 aliphatic rings. The Morgan fingerprint density at radius 1 is 0.275 bits per heavy atom. The summed E-state index contributed by atoms with van der Waals surface area (Å²) in [6, 6.07) is 98.3. The zero-order valence-corrected chi connectivity index (χ0v) is 38.4. The molecular weight excluding hydrogens is 831 g/mol. The van der Waals surface area contributed by atoms with Crippen LogP contribution >= 0.6 is 0 Å². The summed E-state index contributed by atoms with van der Waals surface area (Å²) < 4.78 is 0. The van der Waals surface area contributed by atoms with E-state index in [1.807, 2.05) is 0 Å². The second-order valence-electron chi connectivity index (χ2n) is 18.5. The number of fused-ring (bicyclic) bond motifs is 7. The molecule has 0 radical (unpaired) electrons. The number of benzene rings is 12. The standard InChI is InChI=1S/C68H47N/c1-68(52-24-9-4-10-25-52)64-31-16-15-28-60(64)61-43-41-55(45-65(61)68)69(54-39-34-48(35-40-54)57-30-17-23-47-18-11-12-26-56(47)57)53-37-32-46(33-38-53)51-36-42-59-58-27-13-14-29-62(58)66(49-19-5-2-6-20-49)67(63(59)44-51)50-21-7-3-8-22-50/h2-45H,1H3. The van der Waals surface area contributed by atoms with Gasteiger partial charge in [-0.1, -0.05) is 224 Å². The average molecular weight is 878 g/mol. The van der Waals surface area contributed by atoms with Gasteiger partial charge in [0, 0.05) is 22.5 Å². The third kappa shape index (κ3) is 6.69.